The Hall–Kier alpha value is 0.850. The Morgan fingerprint density at radius 3 is 1.56 bits per heavy atom. The normalized spacial score (nSPS) is 9.56. The van der Waals surface area contributed by atoms with Crippen molar-refractivity contribution in [2.75, 3.05) is 0 Å². The maximum atomic E-state index is 8.88. The Morgan fingerprint density at radius 2 is 1.56 bits per heavy atom. The molecule has 0 aromatic carbocycles. The summed E-state index contributed by atoms with van der Waals surface area (Å²) in [4.78, 5) is 21.6. The summed E-state index contributed by atoms with van der Waals surface area (Å²) in [5, 5.41) is 0. The molecule has 4 nitrogen and oxygen atoms in total. The van der Waals surface area contributed by atoms with Gasteiger partial charge >= 0.3 is 52.1 Å². The zero-order valence-electron chi connectivity index (χ0n) is 5.40. The Bertz CT molecular complexity index is 116. The molecular weight excluding hydrogens is 154 g/mol. The molecule has 0 atom stereocenters. The van der Waals surface area contributed by atoms with Crippen LogP contribution in [0.3, 0.4) is 0 Å². The second-order valence-corrected chi connectivity index (χ2v) is 4.45. The fourth-order valence-electron chi connectivity index (χ4n) is 0. The molecule has 0 unspecified atom stereocenters. The molecule has 0 aliphatic rings. The van der Waals surface area contributed by atoms with Crippen LogP contribution in [0.2, 0.25) is 0 Å². The number of allylic oxidation sites excluding steroid dienone is 1. The Labute approximate surface area is 71.3 Å². The van der Waals surface area contributed by atoms with Crippen molar-refractivity contribution in [3.05, 3.63) is 9.40 Å². The summed E-state index contributed by atoms with van der Waals surface area (Å²) in [6.45, 7) is 5.65. The van der Waals surface area contributed by atoms with Crippen LogP contribution in [0.4, 0.5) is 0 Å². The van der Waals surface area contributed by atoms with Crippen molar-refractivity contribution in [3.8, 4) is 0 Å². The monoisotopic (exact) mass is 162 g/mol. The molecule has 0 heterocycles. The van der Waals surface area contributed by atoms with Crippen LogP contribution in [-0.2, 0) is 4.57 Å². The van der Waals surface area contributed by atoms with Gasteiger partial charge in [-0.3, -0.25) is 0 Å². The predicted molar refractivity (Wildman–Crippen MR) is 34.8 cm³/mol. The topological polar surface area (TPSA) is 77.8 Å². The third-order valence-electron chi connectivity index (χ3n) is 0. The van der Waals surface area contributed by atoms with Crippen molar-refractivity contribution in [2.24, 2.45) is 0 Å². The van der Waals surface area contributed by atoms with Crippen LogP contribution in [0.15, 0.2) is 9.40 Å². The van der Waals surface area contributed by atoms with Crippen LogP contribution in [0.5, 0.6) is 0 Å². The van der Waals surface area contributed by atoms with E-state index in [0.29, 0.717) is 0 Å². The maximum absolute atomic E-state index is 8.88. The Morgan fingerprint density at radius 1 is 1.56 bits per heavy atom. The van der Waals surface area contributed by atoms with Crippen LogP contribution in [0.25, 0.3) is 0 Å². The van der Waals surface area contributed by atoms with E-state index in [1.807, 2.05) is 6.92 Å². The van der Waals surface area contributed by atoms with Crippen LogP contribution < -0.4 is 0 Å². The van der Waals surface area contributed by atoms with E-state index in [4.69, 9.17) is 19.2 Å². The third kappa shape index (κ3) is 575. The average molecular weight is 162 g/mol. The van der Waals surface area contributed by atoms with E-state index in [2.05, 4.69) is 6.58 Å². The SMILES string of the molecule is C=[C](C)[Na].O=P(O)(O)O. The van der Waals surface area contributed by atoms with Gasteiger partial charge in [-0.25, -0.2) is 4.57 Å². The number of rotatable bonds is 0. The van der Waals surface area contributed by atoms with Crippen LogP contribution in [0.1, 0.15) is 6.92 Å². The molecule has 0 fully saturated rings. The molecule has 0 aromatic heterocycles. The molecule has 9 heavy (non-hydrogen) atoms. The van der Waals surface area contributed by atoms with Gasteiger partial charge in [0.05, 0.1) is 0 Å². The Kier molecular flexibility index (Phi) is 7.82. The molecule has 0 bridgehead atoms. The van der Waals surface area contributed by atoms with E-state index in [1.165, 1.54) is 2.82 Å². The van der Waals surface area contributed by atoms with Gasteiger partial charge in [-0.1, -0.05) is 0 Å². The van der Waals surface area contributed by atoms with Crippen molar-refractivity contribution in [1.82, 2.24) is 0 Å². The molecule has 3 N–H and O–H groups in total. The molecular formula is C3H8NaO4P. The fourth-order valence-corrected chi connectivity index (χ4v) is 0. The number of hydrogen-bond acceptors (Lipinski definition) is 1. The Balaban J connectivity index is 0. The third-order valence-corrected chi connectivity index (χ3v) is 0. The number of phosphoric acid groups is 1. The van der Waals surface area contributed by atoms with Gasteiger partial charge < -0.3 is 14.7 Å². The van der Waals surface area contributed by atoms with Gasteiger partial charge in [0.1, 0.15) is 0 Å². The second kappa shape index (κ2) is 5.62. The molecule has 50 valence electrons. The minimum atomic E-state index is -4.64. The quantitative estimate of drug-likeness (QED) is 0.339. The van der Waals surface area contributed by atoms with Gasteiger partial charge in [0.25, 0.3) is 0 Å². The second-order valence-electron chi connectivity index (χ2n) is 1.72. The van der Waals surface area contributed by atoms with Gasteiger partial charge in [0.15, 0.2) is 0 Å². The summed E-state index contributed by atoms with van der Waals surface area (Å²) in [5.74, 6) is 0. The molecule has 0 radical (unpaired) electrons. The first kappa shape index (κ1) is 12.5. The number of hydrogen-bond donors (Lipinski definition) is 3. The molecule has 0 aliphatic carbocycles. The van der Waals surface area contributed by atoms with Crippen molar-refractivity contribution in [1.29, 1.82) is 0 Å². The predicted octanol–water partition coefficient (Wildman–Crippen LogP) is -0.240. The molecule has 0 amide bonds. The summed E-state index contributed by atoms with van der Waals surface area (Å²) >= 11 is 1.15. The molecule has 0 aromatic rings. The van der Waals surface area contributed by atoms with Crippen LogP contribution >= 0.6 is 7.82 Å². The van der Waals surface area contributed by atoms with E-state index < -0.39 is 7.82 Å². The van der Waals surface area contributed by atoms with Gasteiger partial charge in [0, 0.05) is 0 Å². The van der Waals surface area contributed by atoms with E-state index in [-0.39, 0.29) is 0 Å². The summed E-state index contributed by atoms with van der Waals surface area (Å²) < 4.78 is 10.2. The first-order valence-electron chi connectivity index (χ1n) is 2.14. The zero-order chi connectivity index (χ0) is 8.08. The summed E-state index contributed by atoms with van der Waals surface area (Å²) in [7, 11) is -4.64. The molecule has 0 saturated heterocycles. The largest absolute Gasteiger partial charge is 0.466 e. The molecule has 6 heteroatoms. The van der Waals surface area contributed by atoms with E-state index in [9.17, 15) is 0 Å². The van der Waals surface area contributed by atoms with Crippen LogP contribution in [0, 0.1) is 0 Å². The average Bonchev–Trinajstić information content (AvgIpc) is 1.19. The fraction of sp³-hybridized carbons (Fsp3) is 0.333. The summed E-state index contributed by atoms with van der Waals surface area (Å²) in [6, 6.07) is 0. The first-order valence-corrected chi connectivity index (χ1v) is 4.70. The van der Waals surface area contributed by atoms with Crippen molar-refractivity contribution in [2.45, 2.75) is 6.92 Å². The molecule has 0 spiro atoms. The van der Waals surface area contributed by atoms with Crippen LogP contribution in [-0.4, -0.2) is 42.6 Å². The summed E-state index contributed by atoms with van der Waals surface area (Å²) in [6.07, 6.45) is 0. The minimum Gasteiger partial charge on any atom is -0.303 e. The van der Waals surface area contributed by atoms with Crippen molar-refractivity contribution < 1.29 is 19.2 Å². The van der Waals surface area contributed by atoms with Crippen molar-refractivity contribution >= 4 is 35.8 Å². The molecule has 0 saturated carbocycles. The van der Waals surface area contributed by atoms with E-state index >= 15 is 0 Å². The standard InChI is InChI=1S/C3H5.Na.H3O4P/c1-3-2;;1-5(2,3)4/h1H2,2H3;;(H3,1,2,3,4). The molecule has 0 rings (SSSR count). The van der Waals surface area contributed by atoms with Gasteiger partial charge in [-0.15, -0.1) is 0 Å². The zero-order valence-corrected chi connectivity index (χ0v) is 8.30. The van der Waals surface area contributed by atoms with E-state index in [1.54, 1.807) is 0 Å². The van der Waals surface area contributed by atoms with Gasteiger partial charge in [-0.05, 0) is 0 Å². The summed E-state index contributed by atoms with van der Waals surface area (Å²) in [5.41, 5.74) is 0. The molecule has 0 aliphatic heterocycles. The minimum absolute atomic E-state index is 1.15. The first-order chi connectivity index (χ1) is 3.73. The van der Waals surface area contributed by atoms with E-state index in [0.717, 1.165) is 27.9 Å². The van der Waals surface area contributed by atoms with Gasteiger partial charge in [0.2, 0.25) is 0 Å². The van der Waals surface area contributed by atoms with Crippen molar-refractivity contribution in [3.63, 3.8) is 0 Å². The van der Waals surface area contributed by atoms with Gasteiger partial charge in [-0.2, -0.15) is 0 Å². The maximum Gasteiger partial charge on any atom is 0.466 e. The smallest absolute Gasteiger partial charge is 0.303 e.